The van der Waals surface area contributed by atoms with E-state index < -0.39 is 51.1 Å². The van der Waals surface area contributed by atoms with Crippen molar-refractivity contribution < 1.29 is 37.9 Å². The Morgan fingerprint density at radius 2 is 1.71 bits per heavy atom. The number of hydrogen-bond donors (Lipinski definition) is 3. The van der Waals surface area contributed by atoms with E-state index >= 15 is 0 Å². The standard InChI is InChI=1S/C28H18F3N5O6/c29-28(30,31)19-4-2-1-3-17(19)12-33-27(40)16-7-5-15(6-8-16)20-11-23-32-13-18(14-35(23)34-20)25(38)24-22(37)10-9-21(26(24)39)36(41)42/h1-11,13-14,37,39H,12H2,(H,33,40). The largest absolute Gasteiger partial charge is 0.507 e. The lowest BCUT2D eigenvalue weighted by Crippen LogP contribution is -2.24. The summed E-state index contributed by atoms with van der Waals surface area (Å²) in [6.07, 6.45) is -2.12. The van der Waals surface area contributed by atoms with Gasteiger partial charge in [-0.15, -0.1) is 0 Å². The van der Waals surface area contributed by atoms with Crippen molar-refractivity contribution in [1.29, 1.82) is 0 Å². The molecule has 0 spiro atoms. The van der Waals surface area contributed by atoms with Gasteiger partial charge >= 0.3 is 11.9 Å². The van der Waals surface area contributed by atoms with Crippen molar-refractivity contribution >= 4 is 23.0 Å². The van der Waals surface area contributed by atoms with Crippen LogP contribution in [0, 0.1) is 10.1 Å². The number of rotatable bonds is 7. The highest BCUT2D eigenvalue weighted by atomic mass is 19.4. The van der Waals surface area contributed by atoms with Gasteiger partial charge in [0.05, 0.1) is 21.7 Å². The van der Waals surface area contributed by atoms with Crippen LogP contribution in [0.5, 0.6) is 11.5 Å². The molecule has 5 aromatic rings. The van der Waals surface area contributed by atoms with E-state index in [1.807, 2.05) is 0 Å². The first-order chi connectivity index (χ1) is 19.9. The third kappa shape index (κ3) is 5.32. The minimum atomic E-state index is -4.55. The number of aromatic hydroxyl groups is 2. The molecule has 1 amide bonds. The van der Waals surface area contributed by atoms with E-state index in [1.54, 1.807) is 18.2 Å². The van der Waals surface area contributed by atoms with Gasteiger partial charge in [0.25, 0.3) is 5.91 Å². The highest BCUT2D eigenvalue weighted by Crippen LogP contribution is 2.37. The van der Waals surface area contributed by atoms with Crippen LogP contribution in [-0.4, -0.2) is 41.4 Å². The molecule has 3 N–H and O–H groups in total. The summed E-state index contributed by atoms with van der Waals surface area (Å²) in [6.45, 7) is -0.318. The van der Waals surface area contributed by atoms with E-state index in [2.05, 4.69) is 15.4 Å². The molecular weight excluding hydrogens is 559 g/mol. The second-order valence-corrected chi connectivity index (χ2v) is 9.00. The van der Waals surface area contributed by atoms with Crippen LogP contribution in [0.2, 0.25) is 0 Å². The number of carbonyl (C=O) groups is 2. The third-order valence-electron chi connectivity index (χ3n) is 6.34. The molecule has 5 rings (SSSR count). The van der Waals surface area contributed by atoms with Crippen LogP contribution in [0.4, 0.5) is 18.9 Å². The van der Waals surface area contributed by atoms with Gasteiger partial charge in [0, 0.05) is 42.2 Å². The monoisotopic (exact) mass is 577 g/mol. The van der Waals surface area contributed by atoms with Crippen molar-refractivity contribution in [3.8, 4) is 22.8 Å². The van der Waals surface area contributed by atoms with Gasteiger partial charge in [0.2, 0.25) is 11.5 Å². The van der Waals surface area contributed by atoms with Crippen LogP contribution in [0.1, 0.15) is 37.4 Å². The minimum absolute atomic E-state index is 0.0686. The zero-order valence-corrected chi connectivity index (χ0v) is 21.2. The molecule has 212 valence electrons. The number of fused-ring (bicyclic) bond motifs is 1. The molecule has 42 heavy (non-hydrogen) atoms. The Morgan fingerprint density at radius 3 is 2.40 bits per heavy atom. The van der Waals surface area contributed by atoms with Crippen molar-refractivity contribution in [2.45, 2.75) is 12.7 Å². The Hall–Kier alpha value is -5.79. The van der Waals surface area contributed by atoms with Gasteiger partial charge in [-0.25, -0.2) is 9.50 Å². The average molecular weight is 577 g/mol. The van der Waals surface area contributed by atoms with Gasteiger partial charge in [0.15, 0.2) is 5.65 Å². The first kappa shape index (κ1) is 27.8. The summed E-state index contributed by atoms with van der Waals surface area (Å²) < 4.78 is 40.9. The molecule has 0 fully saturated rings. The Morgan fingerprint density at radius 1 is 1.00 bits per heavy atom. The molecule has 2 heterocycles. The predicted octanol–water partition coefficient (Wildman–Crippen LogP) is 4.90. The fraction of sp³-hybridized carbons (Fsp3) is 0.0714. The van der Waals surface area contributed by atoms with E-state index in [0.29, 0.717) is 16.9 Å². The SMILES string of the molecule is O=C(NCc1ccccc1C(F)(F)F)c1ccc(-c2cc3ncc(C(=O)c4c(O)ccc([N+](=O)[O-])c4O)cn3n2)cc1. The highest BCUT2D eigenvalue weighted by Gasteiger charge is 2.33. The maximum Gasteiger partial charge on any atom is 0.416 e. The number of nitrogens with zero attached hydrogens (tertiary/aromatic N) is 4. The van der Waals surface area contributed by atoms with Gasteiger partial charge < -0.3 is 15.5 Å². The molecule has 0 bridgehead atoms. The maximum atomic E-state index is 13.2. The first-order valence-electron chi connectivity index (χ1n) is 12.1. The number of nitrogens with one attached hydrogen (secondary N) is 1. The van der Waals surface area contributed by atoms with Gasteiger partial charge in [-0.1, -0.05) is 30.3 Å². The Labute approximate surface area is 233 Å². The van der Waals surface area contributed by atoms with Crippen molar-refractivity contribution in [1.82, 2.24) is 19.9 Å². The number of nitro groups is 1. The van der Waals surface area contributed by atoms with Crippen LogP contribution < -0.4 is 5.32 Å². The summed E-state index contributed by atoms with van der Waals surface area (Å²) in [7, 11) is 0. The molecule has 0 radical (unpaired) electrons. The number of alkyl halides is 3. The summed E-state index contributed by atoms with van der Waals surface area (Å²) in [5, 5.41) is 38.2. The summed E-state index contributed by atoms with van der Waals surface area (Å²) in [6, 6.07) is 14.4. The summed E-state index contributed by atoms with van der Waals surface area (Å²) in [4.78, 5) is 39.9. The minimum Gasteiger partial charge on any atom is -0.507 e. The van der Waals surface area contributed by atoms with Crippen LogP contribution in [0.25, 0.3) is 16.9 Å². The van der Waals surface area contributed by atoms with E-state index in [4.69, 9.17) is 0 Å². The maximum absolute atomic E-state index is 13.2. The number of halogens is 3. The number of carbonyl (C=O) groups excluding carboxylic acids is 2. The molecule has 2 aromatic heterocycles. The molecular formula is C28H18F3N5O6. The molecule has 0 unspecified atom stereocenters. The lowest BCUT2D eigenvalue weighted by atomic mass is 10.0. The summed E-state index contributed by atoms with van der Waals surface area (Å²) in [5.74, 6) is -3.14. The van der Waals surface area contributed by atoms with Gasteiger partial charge in [-0.3, -0.25) is 19.7 Å². The first-order valence-corrected chi connectivity index (χ1v) is 12.1. The summed E-state index contributed by atoms with van der Waals surface area (Å²) >= 11 is 0. The van der Waals surface area contributed by atoms with Gasteiger partial charge in [-0.2, -0.15) is 18.3 Å². The molecule has 0 saturated heterocycles. The fourth-order valence-electron chi connectivity index (χ4n) is 4.24. The number of amides is 1. The lowest BCUT2D eigenvalue weighted by Gasteiger charge is -2.13. The van der Waals surface area contributed by atoms with Crippen molar-refractivity contribution in [3.63, 3.8) is 0 Å². The second kappa shape index (κ2) is 10.6. The number of aromatic nitrogens is 3. The third-order valence-corrected chi connectivity index (χ3v) is 6.34. The molecule has 11 nitrogen and oxygen atoms in total. The Bertz CT molecular complexity index is 1870. The average Bonchev–Trinajstić information content (AvgIpc) is 3.39. The smallest absolute Gasteiger partial charge is 0.416 e. The van der Waals surface area contributed by atoms with Crippen LogP contribution in [0.3, 0.4) is 0 Å². The van der Waals surface area contributed by atoms with Crippen LogP contribution >= 0.6 is 0 Å². The van der Waals surface area contributed by atoms with Gasteiger partial charge in [0.1, 0.15) is 11.3 Å². The van der Waals surface area contributed by atoms with Crippen molar-refractivity contribution in [2.75, 3.05) is 0 Å². The number of ketones is 1. The lowest BCUT2D eigenvalue weighted by molar-refractivity contribution is -0.385. The number of nitro benzene ring substituents is 1. The zero-order chi connectivity index (χ0) is 30.2. The number of hydrogen-bond acceptors (Lipinski definition) is 8. The normalized spacial score (nSPS) is 11.4. The Balaban J connectivity index is 1.34. The number of phenolic OH excluding ortho intramolecular Hbond substituents is 2. The van der Waals surface area contributed by atoms with E-state index in [-0.39, 0.29) is 23.2 Å². The predicted molar refractivity (Wildman–Crippen MR) is 141 cm³/mol. The summed E-state index contributed by atoms with van der Waals surface area (Å²) in [5.41, 5.74) is -0.953. The zero-order valence-electron chi connectivity index (χ0n) is 21.2. The quantitative estimate of drug-likeness (QED) is 0.140. The molecule has 0 aliphatic rings. The molecule has 0 aliphatic heterocycles. The molecule has 0 aliphatic carbocycles. The van der Waals surface area contributed by atoms with Gasteiger partial charge in [-0.05, 0) is 29.8 Å². The van der Waals surface area contributed by atoms with Crippen molar-refractivity contribution in [3.05, 3.63) is 117 Å². The van der Waals surface area contributed by atoms with E-state index in [1.165, 1.54) is 41.0 Å². The fourth-order valence-corrected chi connectivity index (χ4v) is 4.24. The second-order valence-electron chi connectivity index (χ2n) is 9.00. The molecule has 14 heteroatoms. The number of benzene rings is 3. The molecule has 3 aromatic carbocycles. The van der Waals surface area contributed by atoms with Crippen molar-refractivity contribution in [2.24, 2.45) is 0 Å². The van der Waals surface area contributed by atoms with Crippen LogP contribution in [-0.2, 0) is 12.7 Å². The highest BCUT2D eigenvalue weighted by molar-refractivity contribution is 6.12. The molecule has 0 atom stereocenters. The van der Waals surface area contributed by atoms with Crippen LogP contribution in [0.15, 0.2) is 79.1 Å². The Kier molecular flexibility index (Phi) is 7.04. The number of phenols is 2. The van der Waals surface area contributed by atoms with E-state index in [0.717, 1.165) is 24.4 Å². The topological polar surface area (TPSA) is 160 Å². The van der Waals surface area contributed by atoms with E-state index in [9.17, 15) is 43.1 Å². The molecule has 0 saturated carbocycles.